The van der Waals surface area contributed by atoms with E-state index in [0.29, 0.717) is 12.8 Å². The summed E-state index contributed by atoms with van der Waals surface area (Å²) < 4.78 is 0. The zero-order chi connectivity index (χ0) is 15.4. The summed E-state index contributed by atoms with van der Waals surface area (Å²) in [7, 11) is 0. The molecule has 1 aromatic rings. The lowest BCUT2D eigenvalue weighted by Gasteiger charge is -2.19. The molecule has 0 spiro atoms. The van der Waals surface area contributed by atoms with E-state index in [2.05, 4.69) is 5.32 Å². The van der Waals surface area contributed by atoms with E-state index in [9.17, 15) is 14.4 Å². The normalized spacial score (nSPS) is 19.3. The van der Waals surface area contributed by atoms with Crippen molar-refractivity contribution < 1.29 is 19.6 Å². The first-order valence-corrected chi connectivity index (χ1v) is 6.66. The van der Waals surface area contributed by atoms with Gasteiger partial charge in [-0.25, -0.2) is 10.3 Å². The Bertz CT molecular complexity index is 546. The molecule has 1 saturated heterocycles. The third kappa shape index (κ3) is 3.19. The van der Waals surface area contributed by atoms with Crippen molar-refractivity contribution in [1.29, 1.82) is 0 Å². The second-order valence-corrected chi connectivity index (χ2v) is 4.89. The molecule has 7 heteroatoms. The molecule has 0 bridgehead atoms. The maximum Gasteiger partial charge on any atom is 0.325 e. The van der Waals surface area contributed by atoms with Crippen molar-refractivity contribution in [3.8, 4) is 0 Å². The van der Waals surface area contributed by atoms with Gasteiger partial charge in [0, 0.05) is 0 Å². The lowest BCUT2D eigenvalue weighted by atomic mass is 10.1. The Balaban J connectivity index is 1.99. The zero-order valence-electron chi connectivity index (χ0n) is 11.6. The SMILES string of the molecule is C[C@H](C(=O)NO)N1C(=O)N[C@@H](CCc2ccccc2)C1=O. The van der Waals surface area contributed by atoms with E-state index in [1.807, 2.05) is 30.3 Å². The third-order valence-corrected chi connectivity index (χ3v) is 3.49. The molecule has 112 valence electrons. The largest absolute Gasteiger partial charge is 0.326 e. The molecule has 0 aliphatic carbocycles. The van der Waals surface area contributed by atoms with Gasteiger partial charge in [-0.15, -0.1) is 0 Å². The highest BCUT2D eigenvalue weighted by atomic mass is 16.5. The number of nitrogens with zero attached hydrogens (tertiary/aromatic N) is 1. The highest BCUT2D eigenvalue weighted by Gasteiger charge is 2.42. The van der Waals surface area contributed by atoms with Gasteiger partial charge in [0.25, 0.3) is 11.8 Å². The molecule has 1 aromatic carbocycles. The number of aryl methyl sites for hydroxylation is 1. The molecule has 1 aliphatic heterocycles. The molecule has 2 rings (SSSR count). The molecule has 3 N–H and O–H groups in total. The second-order valence-electron chi connectivity index (χ2n) is 4.89. The number of carbonyl (C=O) groups is 3. The van der Waals surface area contributed by atoms with Crippen molar-refractivity contribution in [2.24, 2.45) is 0 Å². The molecule has 4 amide bonds. The highest BCUT2D eigenvalue weighted by Crippen LogP contribution is 2.15. The number of urea groups is 1. The van der Waals surface area contributed by atoms with Crippen LogP contribution in [0.4, 0.5) is 4.79 Å². The molecule has 1 heterocycles. The fourth-order valence-electron chi connectivity index (χ4n) is 2.28. The van der Waals surface area contributed by atoms with Crippen LogP contribution in [-0.4, -0.2) is 40.0 Å². The van der Waals surface area contributed by atoms with Gasteiger partial charge in [0.2, 0.25) is 0 Å². The number of hydrogen-bond donors (Lipinski definition) is 3. The molecule has 7 nitrogen and oxygen atoms in total. The van der Waals surface area contributed by atoms with Gasteiger partial charge in [-0.05, 0) is 25.3 Å². The number of rotatable bonds is 5. The summed E-state index contributed by atoms with van der Waals surface area (Å²) in [6.45, 7) is 1.38. The number of imide groups is 1. The maximum atomic E-state index is 12.2. The Labute approximate surface area is 121 Å². The molecule has 0 radical (unpaired) electrons. The first-order chi connectivity index (χ1) is 10.0. The fourth-order valence-corrected chi connectivity index (χ4v) is 2.28. The predicted octanol–water partition coefficient (Wildman–Crippen LogP) is 0.433. The van der Waals surface area contributed by atoms with Crippen molar-refractivity contribution in [2.45, 2.75) is 31.8 Å². The number of hydroxylamine groups is 1. The zero-order valence-corrected chi connectivity index (χ0v) is 11.6. The van der Waals surface area contributed by atoms with Crippen molar-refractivity contribution in [3.05, 3.63) is 35.9 Å². The number of benzene rings is 1. The van der Waals surface area contributed by atoms with Gasteiger partial charge in [-0.3, -0.25) is 19.7 Å². The maximum absolute atomic E-state index is 12.2. The quantitative estimate of drug-likeness (QED) is 0.416. The van der Waals surface area contributed by atoms with Crippen LogP contribution in [-0.2, 0) is 16.0 Å². The Morgan fingerprint density at radius 3 is 2.67 bits per heavy atom. The average molecular weight is 291 g/mol. The van der Waals surface area contributed by atoms with Gasteiger partial charge in [0.15, 0.2) is 0 Å². The van der Waals surface area contributed by atoms with Gasteiger partial charge in [-0.1, -0.05) is 30.3 Å². The standard InChI is InChI=1S/C14H17N3O4/c1-9(12(18)16-21)17-13(19)11(15-14(17)20)8-7-10-5-3-2-4-6-10/h2-6,9,11,21H,7-8H2,1H3,(H,15,20)(H,16,18)/t9-,11+/m1/s1. The number of hydrogen-bond acceptors (Lipinski definition) is 4. The smallest absolute Gasteiger partial charge is 0.325 e. The molecule has 0 aromatic heterocycles. The van der Waals surface area contributed by atoms with Crippen molar-refractivity contribution in [1.82, 2.24) is 15.7 Å². The van der Waals surface area contributed by atoms with Crippen LogP contribution in [0.5, 0.6) is 0 Å². The van der Waals surface area contributed by atoms with Crippen LogP contribution in [0.15, 0.2) is 30.3 Å². The molecular weight excluding hydrogens is 274 g/mol. The second kappa shape index (κ2) is 6.36. The highest BCUT2D eigenvalue weighted by molar-refractivity contribution is 6.07. The lowest BCUT2D eigenvalue weighted by molar-refractivity contribution is -0.139. The van der Waals surface area contributed by atoms with E-state index >= 15 is 0 Å². The molecule has 1 aliphatic rings. The number of amides is 4. The molecule has 1 fully saturated rings. The first-order valence-electron chi connectivity index (χ1n) is 6.66. The van der Waals surface area contributed by atoms with E-state index in [1.165, 1.54) is 12.4 Å². The van der Waals surface area contributed by atoms with E-state index in [1.54, 1.807) is 0 Å². The number of nitrogens with one attached hydrogen (secondary N) is 2. The predicted molar refractivity (Wildman–Crippen MR) is 73.3 cm³/mol. The van der Waals surface area contributed by atoms with Crippen LogP contribution in [0.1, 0.15) is 18.9 Å². The topological polar surface area (TPSA) is 98.7 Å². The average Bonchev–Trinajstić information content (AvgIpc) is 2.79. The lowest BCUT2D eigenvalue weighted by Crippen LogP contribution is -2.47. The van der Waals surface area contributed by atoms with E-state index < -0.39 is 29.9 Å². The van der Waals surface area contributed by atoms with Gasteiger partial charge in [-0.2, -0.15) is 0 Å². The van der Waals surface area contributed by atoms with Crippen molar-refractivity contribution in [2.75, 3.05) is 0 Å². The van der Waals surface area contributed by atoms with Crippen LogP contribution >= 0.6 is 0 Å². The van der Waals surface area contributed by atoms with E-state index in [4.69, 9.17) is 5.21 Å². The van der Waals surface area contributed by atoms with Crippen LogP contribution in [0.2, 0.25) is 0 Å². The molecular formula is C14H17N3O4. The molecule has 0 unspecified atom stereocenters. The minimum absolute atomic E-state index is 0.452. The minimum atomic E-state index is -1.05. The Morgan fingerprint density at radius 1 is 1.38 bits per heavy atom. The minimum Gasteiger partial charge on any atom is -0.326 e. The van der Waals surface area contributed by atoms with Gasteiger partial charge in [0.05, 0.1) is 0 Å². The summed E-state index contributed by atoms with van der Waals surface area (Å²) in [6, 6.07) is 7.30. The van der Waals surface area contributed by atoms with Crippen LogP contribution in [0, 0.1) is 0 Å². The number of carbonyl (C=O) groups excluding carboxylic acids is 3. The Kier molecular flexibility index (Phi) is 4.54. The van der Waals surface area contributed by atoms with Gasteiger partial charge < -0.3 is 5.32 Å². The monoisotopic (exact) mass is 291 g/mol. The Hall–Kier alpha value is -2.41. The van der Waals surface area contributed by atoms with Crippen LogP contribution in [0.3, 0.4) is 0 Å². The van der Waals surface area contributed by atoms with E-state index in [-0.39, 0.29) is 0 Å². The van der Waals surface area contributed by atoms with Crippen molar-refractivity contribution in [3.63, 3.8) is 0 Å². The fraction of sp³-hybridized carbons (Fsp3) is 0.357. The molecule has 0 saturated carbocycles. The summed E-state index contributed by atoms with van der Waals surface area (Å²) >= 11 is 0. The molecule has 21 heavy (non-hydrogen) atoms. The van der Waals surface area contributed by atoms with Crippen LogP contribution in [0.25, 0.3) is 0 Å². The summed E-state index contributed by atoms with van der Waals surface area (Å²) in [5, 5.41) is 11.1. The summed E-state index contributed by atoms with van der Waals surface area (Å²) in [4.78, 5) is 36.2. The molecule has 2 atom stereocenters. The summed E-state index contributed by atoms with van der Waals surface area (Å²) in [5.74, 6) is -1.26. The van der Waals surface area contributed by atoms with Crippen LogP contribution < -0.4 is 10.8 Å². The van der Waals surface area contributed by atoms with Gasteiger partial charge >= 0.3 is 6.03 Å². The van der Waals surface area contributed by atoms with Crippen molar-refractivity contribution >= 4 is 17.8 Å². The van der Waals surface area contributed by atoms with Gasteiger partial charge in [0.1, 0.15) is 12.1 Å². The first kappa shape index (κ1) is 15.0. The Morgan fingerprint density at radius 2 is 2.05 bits per heavy atom. The third-order valence-electron chi connectivity index (χ3n) is 3.49. The summed E-state index contributed by atoms with van der Waals surface area (Å²) in [6.07, 6.45) is 1.10. The van der Waals surface area contributed by atoms with E-state index in [0.717, 1.165) is 10.5 Å². The summed E-state index contributed by atoms with van der Waals surface area (Å²) in [5.41, 5.74) is 2.51.